The minimum atomic E-state index is -0.316. The molecular weight excluding hydrogens is 347 g/mol. The first-order valence-corrected chi connectivity index (χ1v) is 9.07. The Bertz CT molecular complexity index is 807. The summed E-state index contributed by atoms with van der Waals surface area (Å²) in [5, 5.41) is 2.77. The number of benzene rings is 2. The smallest absolute Gasteiger partial charge is 0.239 e. The van der Waals surface area contributed by atoms with Crippen molar-refractivity contribution in [2.75, 3.05) is 19.7 Å². The van der Waals surface area contributed by atoms with Crippen molar-refractivity contribution in [3.8, 4) is 5.75 Å². The third-order valence-electron chi connectivity index (χ3n) is 4.66. The number of carbonyl (C=O) groups is 2. The fourth-order valence-electron chi connectivity index (χ4n) is 3.12. The summed E-state index contributed by atoms with van der Waals surface area (Å²) in [7, 11) is 0. The zero-order chi connectivity index (χ0) is 19.2. The molecule has 5 nitrogen and oxygen atoms in total. The zero-order valence-corrected chi connectivity index (χ0v) is 15.3. The lowest BCUT2D eigenvalue weighted by Gasteiger charge is -2.29. The molecule has 1 aliphatic heterocycles. The molecule has 0 spiro atoms. The molecule has 0 saturated carbocycles. The Morgan fingerprint density at radius 2 is 1.93 bits per heavy atom. The first kappa shape index (κ1) is 18.9. The van der Waals surface area contributed by atoms with Gasteiger partial charge in [-0.3, -0.25) is 9.59 Å². The zero-order valence-electron chi connectivity index (χ0n) is 15.3. The van der Waals surface area contributed by atoms with Gasteiger partial charge in [0.15, 0.2) is 0 Å². The monoisotopic (exact) mass is 370 g/mol. The van der Waals surface area contributed by atoms with E-state index in [0.717, 1.165) is 16.9 Å². The predicted octanol–water partition coefficient (Wildman–Crippen LogP) is 2.54. The molecule has 27 heavy (non-hydrogen) atoms. The summed E-state index contributed by atoms with van der Waals surface area (Å²) >= 11 is 0. The van der Waals surface area contributed by atoms with Crippen molar-refractivity contribution in [1.29, 1.82) is 0 Å². The number of nitrogens with one attached hydrogen (secondary N) is 1. The number of halogens is 1. The van der Waals surface area contributed by atoms with Crippen molar-refractivity contribution >= 4 is 11.8 Å². The van der Waals surface area contributed by atoms with Gasteiger partial charge in [-0.25, -0.2) is 4.39 Å². The first-order chi connectivity index (χ1) is 13.1. The van der Waals surface area contributed by atoms with Gasteiger partial charge in [0, 0.05) is 13.1 Å². The maximum Gasteiger partial charge on any atom is 0.239 e. The van der Waals surface area contributed by atoms with E-state index in [1.165, 1.54) is 12.1 Å². The molecule has 142 valence electrons. The van der Waals surface area contributed by atoms with Crippen LogP contribution < -0.4 is 10.1 Å². The molecule has 2 amide bonds. The second-order valence-electron chi connectivity index (χ2n) is 6.58. The van der Waals surface area contributed by atoms with E-state index in [4.69, 9.17) is 4.74 Å². The highest BCUT2D eigenvalue weighted by Crippen LogP contribution is 2.27. The average Bonchev–Trinajstić information content (AvgIpc) is 2.70. The van der Waals surface area contributed by atoms with E-state index in [1.54, 1.807) is 17.0 Å². The lowest BCUT2D eigenvalue weighted by Crippen LogP contribution is -2.45. The maximum atomic E-state index is 12.9. The molecule has 0 aromatic heterocycles. The number of amides is 2. The summed E-state index contributed by atoms with van der Waals surface area (Å²) in [6.07, 6.45) is 0.614. The number of likely N-dealkylation sites (N-methyl/N-ethyl adjacent to an activating group) is 1. The van der Waals surface area contributed by atoms with Crippen molar-refractivity contribution in [2.24, 2.45) is 5.92 Å². The number of fused-ring (bicyclic) bond motifs is 1. The van der Waals surface area contributed by atoms with Crippen LogP contribution in [0.25, 0.3) is 0 Å². The van der Waals surface area contributed by atoms with Crippen LogP contribution in [0.1, 0.15) is 18.1 Å². The Morgan fingerprint density at radius 3 is 2.67 bits per heavy atom. The molecular formula is C21H23FN2O3. The van der Waals surface area contributed by atoms with E-state index < -0.39 is 0 Å². The second kappa shape index (κ2) is 8.66. The van der Waals surface area contributed by atoms with Gasteiger partial charge in [-0.1, -0.05) is 30.3 Å². The van der Waals surface area contributed by atoms with Crippen molar-refractivity contribution in [2.45, 2.75) is 19.9 Å². The second-order valence-corrected chi connectivity index (χ2v) is 6.58. The van der Waals surface area contributed by atoms with Crippen LogP contribution in [0.5, 0.6) is 5.75 Å². The number of carbonyl (C=O) groups excluding carboxylic acids is 2. The Balaban J connectivity index is 1.54. The Labute approximate surface area is 158 Å². The SMILES string of the molecule is CCN(CC(=O)NCc1ccc(F)cc1)C(=O)C1COc2ccccc2C1. The molecule has 2 aromatic carbocycles. The van der Waals surface area contributed by atoms with Gasteiger partial charge >= 0.3 is 0 Å². The van der Waals surface area contributed by atoms with Crippen LogP contribution in [0.15, 0.2) is 48.5 Å². The maximum absolute atomic E-state index is 12.9. The third kappa shape index (κ3) is 4.84. The van der Waals surface area contributed by atoms with E-state index in [0.29, 0.717) is 26.1 Å². The van der Waals surface area contributed by atoms with Gasteiger partial charge < -0.3 is 15.0 Å². The molecule has 3 rings (SSSR count). The lowest BCUT2D eigenvalue weighted by atomic mass is 9.95. The minimum Gasteiger partial charge on any atom is -0.492 e. The van der Waals surface area contributed by atoms with Crippen LogP contribution >= 0.6 is 0 Å². The molecule has 0 bridgehead atoms. The standard InChI is InChI=1S/C21H23FN2O3/c1-2-24(13-20(25)23-12-15-7-9-18(22)10-8-15)21(26)17-11-16-5-3-4-6-19(16)27-14-17/h3-10,17H,2,11-14H2,1H3,(H,23,25). The van der Waals surface area contributed by atoms with Crippen molar-refractivity contribution in [1.82, 2.24) is 10.2 Å². The number of hydrogen-bond donors (Lipinski definition) is 1. The van der Waals surface area contributed by atoms with Crippen molar-refractivity contribution in [3.05, 3.63) is 65.5 Å². The normalized spacial score (nSPS) is 15.4. The third-order valence-corrected chi connectivity index (χ3v) is 4.66. The van der Waals surface area contributed by atoms with Gasteiger partial charge in [0.05, 0.1) is 12.5 Å². The molecule has 1 heterocycles. The number of rotatable bonds is 6. The number of hydrogen-bond acceptors (Lipinski definition) is 3. The quantitative estimate of drug-likeness (QED) is 0.850. The largest absolute Gasteiger partial charge is 0.492 e. The molecule has 6 heteroatoms. The fourth-order valence-corrected chi connectivity index (χ4v) is 3.12. The average molecular weight is 370 g/mol. The van der Waals surface area contributed by atoms with E-state index in [9.17, 15) is 14.0 Å². The van der Waals surface area contributed by atoms with Gasteiger partial charge in [-0.15, -0.1) is 0 Å². The van der Waals surface area contributed by atoms with Crippen LogP contribution in [0.2, 0.25) is 0 Å². The molecule has 1 atom stereocenters. The summed E-state index contributed by atoms with van der Waals surface area (Å²) in [4.78, 5) is 26.6. The van der Waals surface area contributed by atoms with Gasteiger partial charge in [0.1, 0.15) is 18.2 Å². The molecule has 0 fully saturated rings. The van der Waals surface area contributed by atoms with Gasteiger partial charge in [0.2, 0.25) is 11.8 Å². The molecule has 0 saturated heterocycles. The highest BCUT2D eigenvalue weighted by atomic mass is 19.1. The summed E-state index contributed by atoms with van der Waals surface area (Å²) in [6, 6.07) is 13.6. The van der Waals surface area contributed by atoms with E-state index in [-0.39, 0.29) is 30.1 Å². The summed E-state index contributed by atoms with van der Waals surface area (Å²) in [6.45, 7) is 2.91. The summed E-state index contributed by atoms with van der Waals surface area (Å²) in [5.74, 6) is -0.105. The van der Waals surface area contributed by atoms with Crippen LogP contribution in [-0.2, 0) is 22.6 Å². The van der Waals surface area contributed by atoms with Gasteiger partial charge in [-0.05, 0) is 42.7 Å². The van der Waals surface area contributed by atoms with Crippen LogP contribution in [0.3, 0.4) is 0 Å². The van der Waals surface area contributed by atoms with E-state index in [2.05, 4.69) is 5.32 Å². The molecule has 0 radical (unpaired) electrons. The highest BCUT2D eigenvalue weighted by molar-refractivity contribution is 5.86. The predicted molar refractivity (Wildman–Crippen MR) is 99.6 cm³/mol. The number of para-hydroxylation sites is 1. The van der Waals surface area contributed by atoms with Crippen LogP contribution in [0.4, 0.5) is 4.39 Å². The Hall–Kier alpha value is -2.89. The van der Waals surface area contributed by atoms with Gasteiger partial charge in [0.25, 0.3) is 0 Å². The minimum absolute atomic E-state index is 0.00528. The van der Waals surface area contributed by atoms with Crippen LogP contribution in [0, 0.1) is 11.7 Å². The van der Waals surface area contributed by atoms with Crippen molar-refractivity contribution < 1.29 is 18.7 Å². The van der Waals surface area contributed by atoms with Crippen LogP contribution in [-0.4, -0.2) is 36.4 Å². The summed E-state index contributed by atoms with van der Waals surface area (Å²) < 4.78 is 18.6. The number of ether oxygens (including phenoxy) is 1. The Morgan fingerprint density at radius 1 is 1.19 bits per heavy atom. The lowest BCUT2D eigenvalue weighted by molar-refractivity contribution is -0.140. The van der Waals surface area contributed by atoms with Crippen molar-refractivity contribution in [3.63, 3.8) is 0 Å². The van der Waals surface area contributed by atoms with Gasteiger partial charge in [-0.2, -0.15) is 0 Å². The highest BCUT2D eigenvalue weighted by Gasteiger charge is 2.29. The summed E-state index contributed by atoms with van der Waals surface area (Å²) in [5.41, 5.74) is 1.82. The van der Waals surface area contributed by atoms with E-state index in [1.807, 2.05) is 31.2 Å². The first-order valence-electron chi connectivity index (χ1n) is 9.07. The molecule has 0 aliphatic carbocycles. The Kier molecular flexibility index (Phi) is 6.06. The molecule has 1 aliphatic rings. The fraction of sp³-hybridized carbons (Fsp3) is 0.333. The topological polar surface area (TPSA) is 58.6 Å². The number of nitrogens with zero attached hydrogens (tertiary/aromatic N) is 1. The molecule has 1 N–H and O–H groups in total. The molecule has 2 aromatic rings. The molecule has 1 unspecified atom stereocenters. The van der Waals surface area contributed by atoms with E-state index >= 15 is 0 Å².